The Labute approximate surface area is 96.5 Å². The summed E-state index contributed by atoms with van der Waals surface area (Å²) in [5.74, 6) is 0.531. The summed E-state index contributed by atoms with van der Waals surface area (Å²) < 4.78 is 10.2. The summed E-state index contributed by atoms with van der Waals surface area (Å²) in [4.78, 5) is 4.02. The van der Waals surface area contributed by atoms with Gasteiger partial charge in [-0.2, -0.15) is 0 Å². The first-order valence-electron chi connectivity index (χ1n) is 4.10. The maximum absolute atomic E-state index is 5.80. The van der Waals surface area contributed by atoms with Crippen molar-refractivity contribution in [1.82, 2.24) is 4.98 Å². The fourth-order valence-corrected chi connectivity index (χ4v) is 1.45. The molecule has 1 rings (SSSR count). The Morgan fingerprint density at radius 2 is 2.21 bits per heavy atom. The molecule has 0 amide bonds. The topological polar surface area (TPSA) is 31.4 Å². The highest BCUT2D eigenvalue weighted by Gasteiger charge is 2.01. The van der Waals surface area contributed by atoms with Crippen LogP contribution >= 0.6 is 27.5 Å². The molecule has 0 N–H and O–H groups in total. The van der Waals surface area contributed by atoms with Gasteiger partial charge in [-0.3, -0.25) is 0 Å². The first-order chi connectivity index (χ1) is 6.76. The molecule has 3 nitrogen and oxygen atoms in total. The number of rotatable bonds is 5. The van der Waals surface area contributed by atoms with Crippen molar-refractivity contribution in [2.24, 2.45) is 0 Å². The van der Waals surface area contributed by atoms with E-state index in [0.29, 0.717) is 24.2 Å². The van der Waals surface area contributed by atoms with Crippen LogP contribution in [-0.4, -0.2) is 25.3 Å². The maximum Gasteiger partial charge on any atom is 0.215 e. The van der Waals surface area contributed by atoms with Gasteiger partial charge in [0.1, 0.15) is 11.8 Å². The van der Waals surface area contributed by atoms with E-state index in [1.54, 1.807) is 13.2 Å². The van der Waals surface area contributed by atoms with Gasteiger partial charge in [-0.05, 0) is 11.6 Å². The van der Waals surface area contributed by atoms with Gasteiger partial charge < -0.3 is 9.47 Å². The van der Waals surface area contributed by atoms with Crippen LogP contribution in [0.5, 0.6) is 5.88 Å². The minimum absolute atomic E-state index is 0.439. The second-order valence-electron chi connectivity index (χ2n) is 2.61. The molecule has 0 bridgehead atoms. The van der Waals surface area contributed by atoms with Gasteiger partial charge >= 0.3 is 0 Å². The Kier molecular flexibility index (Phi) is 5.22. The lowest BCUT2D eigenvalue weighted by molar-refractivity contribution is 0.143. The lowest BCUT2D eigenvalue weighted by Gasteiger charge is -2.06. The number of hydrogen-bond acceptors (Lipinski definition) is 3. The number of alkyl halides is 1. The normalized spacial score (nSPS) is 10.2. The molecule has 0 fully saturated rings. The molecule has 0 aromatic carbocycles. The molecule has 0 radical (unpaired) electrons. The number of ether oxygens (including phenoxy) is 2. The smallest absolute Gasteiger partial charge is 0.215 e. The van der Waals surface area contributed by atoms with Crippen LogP contribution in [0, 0.1) is 0 Å². The van der Waals surface area contributed by atoms with E-state index in [4.69, 9.17) is 21.1 Å². The molecule has 1 heterocycles. The number of methoxy groups -OCH3 is 1. The van der Waals surface area contributed by atoms with Gasteiger partial charge in [-0.1, -0.05) is 27.5 Å². The van der Waals surface area contributed by atoms with E-state index >= 15 is 0 Å². The highest BCUT2D eigenvalue weighted by Crippen LogP contribution is 2.18. The lowest BCUT2D eigenvalue weighted by atomic mass is 10.3. The summed E-state index contributed by atoms with van der Waals surface area (Å²) in [5, 5.41) is 1.17. The number of halogens is 2. The molecular formula is C9H11BrClNO2. The Hall–Kier alpha value is -0.320. The molecule has 5 heteroatoms. The Morgan fingerprint density at radius 1 is 1.43 bits per heavy atom. The van der Waals surface area contributed by atoms with Crippen LogP contribution in [0.15, 0.2) is 12.1 Å². The number of aromatic nitrogens is 1. The van der Waals surface area contributed by atoms with E-state index in [-0.39, 0.29) is 0 Å². The van der Waals surface area contributed by atoms with E-state index in [2.05, 4.69) is 20.9 Å². The van der Waals surface area contributed by atoms with Crippen molar-refractivity contribution in [2.75, 3.05) is 20.3 Å². The second-order valence-corrected chi connectivity index (χ2v) is 3.56. The van der Waals surface area contributed by atoms with Gasteiger partial charge in [0.15, 0.2) is 0 Å². The van der Waals surface area contributed by atoms with Crippen molar-refractivity contribution >= 4 is 27.5 Å². The zero-order valence-electron chi connectivity index (χ0n) is 7.80. The maximum atomic E-state index is 5.80. The molecule has 0 unspecified atom stereocenters. The molecule has 14 heavy (non-hydrogen) atoms. The van der Waals surface area contributed by atoms with Gasteiger partial charge in [-0.15, -0.1) is 0 Å². The second kappa shape index (κ2) is 6.22. The van der Waals surface area contributed by atoms with Gasteiger partial charge in [-0.25, -0.2) is 4.98 Å². The average molecular weight is 281 g/mol. The zero-order valence-corrected chi connectivity index (χ0v) is 10.1. The Bertz CT molecular complexity index is 296. The van der Waals surface area contributed by atoms with Crippen molar-refractivity contribution in [3.05, 3.63) is 22.8 Å². The summed E-state index contributed by atoms with van der Waals surface area (Å²) in [5.41, 5.74) is 1.04. The molecule has 1 aromatic rings. The van der Waals surface area contributed by atoms with Crippen LogP contribution in [-0.2, 0) is 10.1 Å². The minimum atomic E-state index is 0.439. The van der Waals surface area contributed by atoms with E-state index < -0.39 is 0 Å². The SMILES string of the molecule is COCCOc1cc(CBr)cc(Cl)n1. The third kappa shape index (κ3) is 3.82. The van der Waals surface area contributed by atoms with E-state index in [1.165, 1.54) is 0 Å². The molecule has 78 valence electrons. The summed E-state index contributed by atoms with van der Waals surface area (Å²) >= 11 is 9.14. The summed E-state index contributed by atoms with van der Waals surface area (Å²) in [6, 6.07) is 3.63. The average Bonchev–Trinajstić information content (AvgIpc) is 2.17. The van der Waals surface area contributed by atoms with Crippen LogP contribution in [0.25, 0.3) is 0 Å². The van der Waals surface area contributed by atoms with Crippen molar-refractivity contribution in [2.45, 2.75) is 5.33 Å². The highest BCUT2D eigenvalue weighted by molar-refractivity contribution is 9.08. The fourth-order valence-electron chi connectivity index (χ4n) is 0.904. The van der Waals surface area contributed by atoms with Crippen LogP contribution in [0.4, 0.5) is 0 Å². The lowest BCUT2D eigenvalue weighted by Crippen LogP contribution is -2.05. The minimum Gasteiger partial charge on any atom is -0.475 e. The molecule has 0 aliphatic heterocycles. The molecular weight excluding hydrogens is 269 g/mol. The van der Waals surface area contributed by atoms with Gasteiger partial charge in [0.25, 0.3) is 0 Å². The Balaban J connectivity index is 2.62. The third-order valence-corrected chi connectivity index (χ3v) is 2.36. The zero-order chi connectivity index (χ0) is 10.4. The van der Waals surface area contributed by atoms with Crippen LogP contribution < -0.4 is 4.74 Å². The third-order valence-electron chi connectivity index (χ3n) is 1.52. The highest BCUT2D eigenvalue weighted by atomic mass is 79.9. The molecule has 0 saturated heterocycles. The van der Waals surface area contributed by atoms with Gasteiger partial charge in [0, 0.05) is 18.5 Å². The number of nitrogens with zero attached hydrogens (tertiary/aromatic N) is 1. The standard InChI is InChI=1S/C9H11BrClNO2/c1-13-2-3-14-9-5-7(6-10)4-8(11)12-9/h4-5H,2-3,6H2,1H3. The van der Waals surface area contributed by atoms with E-state index in [0.717, 1.165) is 10.9 Å². The predicted octanol–water partition coefficient (Wildman–Crippen LogP) is 2.66. The monoisotopic (exact) mass is 279 g/mol. The molecule has 0 spiro atoms. The van der Waals surface area contributed by atoms with Crippen LogP contribution in [0.3, 0.4) is 0 Å². The molecule has 0 aliphatic carbocycles. The molecule has 1 aromatic heterocycles. The Morgan fingerprint density at radius 3 is 2.86 bits per heavy atom. The van der Waals surface area contributed by atoms with Crippen molar-refractivity contribution < 1.29 is 9.47 Å². The van der Waals surface area contributed by atoms with Crippen molar-refractivity contribution in [3.63, 3.8) is 0 Å². The number of hydrogen-bond donors (Lipinski definition) is 0. The summed E-state index contributed by atoms with van der Waals surface area (Å²) in [6.07, 6.45) is 0. The first-order valence-corrected chi connectivity index (χ1v) is 5.60. The molecule has 0 atom stereocenters. The van der Waals surface area contributed by atoms with Gasteiger partial charge in [0.2, 0.25) is 5.88 Å². The van der Waals surface area contributed by atoms with E-state index in [9.17, 15) is 0 Å². The number of pyridine rings is 1. The predicted molar refractivity (Wildman–Crippen MR) is 59.2 cm³/mol. The fraction of sp³-hybridized carbons (Fsp3) is 0.444. The van der Waals surface area contributed by atoms with Crippen LogP contribution in [0.1, 0.15) is 5.56 Å². The van der Waals surface area contributed by atoms with Gasteiger partial charge in [0.05, 0.1) is 6.61 Å². The molecule has 0 aliphatic rings. The quantitative estimate of drug-likeness (QED) is 0.472. The van der Waals surface area contributed by atoms with Crippen molar-refractivity contribution in [3.8, 4) is 5.88 Å². The summed E-state index contributed by atoms with van der Waals surface area (Å²) in [6.45, 7) is 1.02. The largest absolute Gasteiger partial charge is 0.475 e. The van der Waals surface area contributed by atoms with Crippen molar-refractivity contribution in [1.29, 1.82) is 0 Å². The first kappa shape index (κ1) is 11.8. The summed E-state index contributed by atoms with van der Waals surface area (Å²) in [7, 11) is 1.62. The van der Waals surface area contributed by atoms with Crippen LogP contribution in [0.2, 0.25) is 5.15 Å². The molecule has 0 saturated carbocycles. The van der Waals surface area contributed by atoms with E-state index in [1.807, 2.05) is 6.07 Å².